The Balaban J connectivity index is 1.34. The van der Waals surface area contributed by atoms with E-state index in [1.54, 1.807) is 48.5 Å². The third-order valence-corrected chi connectivity index (χ3v) is 6.50. The predicted octanol–water partition coefficient (Wildman–Crippen LogP) is 1.36. The van der Waals surface area contributed by atoms with Crippen LogP contribution in [-0.2, 0) is 33.6 Å². The lowest BCUT2D eigenvalue weighted by molar-refractivity contribution is -0.142. The summed E-state index contributed by atoms with van der Waals surface area (Å²) < 4.78 is 0. The SMILES string of the molecule is NCC[C@@H](CCCC(=O)NCC(=O)NCC(=O)Nc1ccc(N=Nc2ccc(NC(=O)CN3C(=O)C=CC3=O)cc2)cc1)C(=O)O. The summed E-state index contributed by atoms with van der Waals surface area (Å²) in [6.07, 6.45) is 3.25. The molecule has 1 heterocycles. The molecule has 16 nitrogen and oxygen atoms in total. The molecule has 242 valence electrons. The van der Waals surface area contributed by atoms with E-state index in [2.05, 4.69) is 31.5 Å². The highest BCUT2D eigenvalue weighted by atomic mass is 16.4. The van der Waals surface area contributed by atoms with Crippen molar-refractivity contribution in [2.45, 2.75) is 25.7 Å². The van der Waals surface area contributed by atoms with E-state index in [9.17, 15) is 33.6 Å². The molecule has 0 aromatic heterocycles. The number of carboxylic acids is 1. The molecule has 0 fully saturated rings. The van der Waals surface area contributed by atoms with Crippen molar-refractivity contribution in [2.75, 3.05) is 36.8 Å². The van der Waals surface area contributed by atoms with Crippen LogP contribution in [0.2, 0.25) is 0 Å². The molecule has 0 unspecified atom stereocenters. The van der Waals surface area contributed by atoms with Crippen molar-refractivity contribution in [1.82, 2.24) is 15.5 Å². The van der Waals surface area contributed by atoms with E-state index in [0.29, 0.717) is 42.0 Å². The molecular formula is C30H34N8O8. The number of carbonyl (C=O) groups excluding carboxylic acids is 6. The fourth-order valence-corrected chi connectivity index (χ4v) is 4.08. The molecule has 0 saturated heterocycles. The van der Waals surface area contributed by atoms with E-state index >= 15 is 0 Å². The van der Waals surface area contributed by atoms with Gasteiger partial charge in [0.15, 0.2) is 0 Å². The maximum Gasteiger partial charge on any atom is 0.306 e. The van der Waals surface area contributed by atoms with E-state index < -0.39 is 53.9 Å². The van der Waals surface area contributed by atoms with Crippen molar-refractivity contribution < 1.29 is 38.7 Å². The lowest BCUT2D eigenvalue weighted by atomic mass is 9.98. The van der Waals surface area contributed by atoms with Crippen LogP contribution in [0.25, 0.3) is 0 Å². The largest absolute Gasteiger partial charge is 0.481 e. The minimum atomic E-state index is -0.955. The van der Waals surface area contributed by atoms with Crippen LogP contribution in [0.15, 0.2) is 70.9 Å². The fourth-order valence-electron chi connectivity index (χ4n) is 4.08. The van der Waals surface area contributed by atoms with Gasteiger partial charge in [-0.1, -0.05) is 0 Å². The van der Waals surface area contributed by atoms with Crippen LogP contribution in [-0.4, -0.2) is 77.6 Å². The van der Waals surface area contributed by atoms with E-state index in [4.69, 9.17) is 10.8 Å². The Labute approximate surface area is 263 Å². The molecule has 7 N–H and O–H groups in total. The van der Waals surface area contributed by atoms with Crippen molar-refractivity contribution in [3.8, 4) is 0 Å². The number of nitrogens with two attached hydrogens (primary N) is 1. The van der Waals surface area contributed by atoms with Gasteiger partial charge in [-0.15, -0.1) is 0 Å². The lowest BCUT2D eigenvalue weighted by Crippen LogP contribution is -2.40. The Morgan fingerprint density at radius 1 is 0.717 bits per heavy atom. The van der Waals surface area contributed by atoms with Gasteiger partial charge in [-0.05, 0) is 74.3 Å². The molecule has 0 saturated carbocycles. The van der Waals surface area contributed by atoms with Crippen molar-refractivity contribution in [2.24, 2.45) is 21.9 Å². The van der Waals surface area contributed by atoms with Crippen molar-refractivity contribution in [3.05, 3.63) is 60.7 Å². The van der Waals surface area contributed by atoms with Gasteiger partial charge >= 0.3 is 5.97 Å². The van der Waals surface area contributed by atoms with E-state index in [1.807, 2.05) is 0 Å². The van der Waals surface area contributed by atoms with Gasteiger partial charge in [0.2, 0.25) is 23.6 Å². The maximum absolute atomic E-state index is 12.2. The number of anilines is 2. The number of carbonyl (C=O) groups is 7. The third kappa shape index (κ3) is 11.7. The van der Waals surface area contributed by atoms with Crippen LogP contribution < -0.4 is 27.0 Å². The van der Waals surface area contributed by atoms with Crippen LogP contribution in [0.1, 0.15) is 25.7 Å². The van der Waals surface area contributed by atoms with Crippen LogP contribution in [0.4, 0.5) is 22.7 Å². The Morgan fingerprint density at radius 3 is 1.74 bits per heavy atom. The number of hydrogen-bond donors (Lipinski definition) is 6. The highest BCUT2D eigenvalue weighted by molar-refractivity contribution is 6.15. The van der Waals surface area contributed by atoms with E-state index in [1.165, 1.54) is 0 Å². The Bertz CT molecular complexity index is 1490. The van der Waals surface area contributed by atoms with E-state index in [-0.39, 0.29) is 26.1 Å². The Morgan fingerprint density at radius 2 is 1.22 bits per heavy atom. The summed E-state index contributed by atoms with van der Waals surface area (Å²) >= 11 is 0. The van der Waals surface area contributed by atoms with Gasteiger partial charge < -0.3 is 32.1 Å². The Hall–Kier alpha value is -5.77. The zero-order valence-corrected chi connectivity index (χ0v) is 24.7. The quantitative estimate of drug-likeness (QED) is 0.109. The molecule has 46 heavy (non-hydrogen) atoms. The predicted molar refractivity (Wildman–Crippen MR) is 165 cm³/mol. The molecular weight excluding hydrogens is 600 g/mol. The topological polar surface area (TPSA) is 242 Å². The highest BCUT2D eigenvalue weighted by Gasteiger charge is 2.25. The van der Waals surface area contributed by atoms with Gasteiger partial charge in [0.25, 0.3) is 11.8 Å². The zero-order valence-electron chi connectivity index (χ0n) is 24.7. The van der Waals surface area contributed by atoms with Crippen LogP contribution >= 0.6 is 0 Å². The first-order chi connectivity index (χ1) is 22.0. The third-order valence-electron chi connectivity index (χ3n) is 6.50. The molecule has 1 aliphatic rings. The van der Waals surface area contributed by atoms with E-state index in [0.717, 1.165) is 17.1 Å². The molecule has 2 aromatic rings. The standard InChI is InChI=1S/C30H34N8O8/c31-15-14-19(30(45)46)2-1-3-24(39)32-16-25(40)33-17-26(41)34-20-4-8-22(9-5-20)36-37-23-10-6-21(7-11-23)35-27(42)18-38-28(43)12-13-29(38)44/h4-13,19H,1-3,14-18,31H2,(H,32,39)(H,33,40)(H,34,41)(H,35,42)(H,45,46)/t19-/m1/s1. The lowest BCUT2D eigenvalue weighted by Gasteiger charge is -2.13. The number of azo groups is 1. The summed E-state index contributed by atoms with van der Waals surface area (Å²) in [7, 11) is 0. The molecule has 0 bridgehead atoms. The van der Waals surface area contributed by atoms with Gasteiger partial charge in [0, 0.05) is 29.9 Å². The molecule has 6 amide bonds. The number of benzene rings is 2. The Kier molecular flexibility index (Phi) is 13.2. The average molecular weight is 635 g/mol. The van der Waals surface area contributed by atoms with Crippen molar-refractivity contribution in [3.63, 3.8) is 0 Å². The monoisotopic (exact) mass is 634 g/mol. The summed E-state index contributed by atoms with van der Waals surface area (Å²) in [5, 5.41) is 27.4. The summed E-state index contributed by atoms with van der Waals surface area (Å²) in [6.45, 7) is -0.797. The fraction of sp³-hybridized carbons (Fsp3) is 0.300. The van der Waals surface area contributed by atoms with Crippen LogP contribution in [0.5, 0.6) is 0 Å². The smallest absolute Gasteiger partial charge is 0.306 e. The first-order valence-electron chi connectivity index (χ1n) is 14.3. The van der Waals surface area contributed by atoms with Gasteiger partial charge in [-0.25, -0.2) is 0 Å². The first kappa shape index (κ1) is 34.7. The highest BCUT2D eigenvalue weighted by Crippen LogP contribution is 2.22. The van der Waals surface area contributed by atoms with Crippen LogP contribution in [0.3, 0.4) is 0 Å². The number of hydrogen-bond acceptors (Lipinski definition) is 10. The minimum absolute atomic E-state index is 0.0662. The zero-order chi connectivity index (χ0) is 33.5. The van der Waals surface area contributed by atoms with Gasteiger partial charge in [-0.3, -0.25) is 38.5 Å². The second kappa shape index (κ2) is 17.5. The molecule has 1 aliphatic heterocycles. The van der Waals surface area contributed by atoms with Crippen LogP contribution in [0, 0.1) is 5.92 Å². The van der Waals surface area contributed by atoms with Gasteiger partial charge in [0.05, 0.1) is 30.4 Å². The first-order valence-corrected chi connectivity index (χ1v) is 14.3. The summed E-state index contributed by atoms with van der Waals surface area (Å²) in [6, 6.07) is 12.8. The number of nitrogens with one attached hydrogen (secondary N) is 4. The molecule has 16 heteroatoms. The number of carboxylic acid groups (broad SMARTS) is 1. The number of amides is 6. The normalized spacial score (nSPS) is 13.0. The summed E-state index contributed by atoms with van der Waals surface area (Å²) in [5.74, 6) is -4.63. The van der Waals surface area contributed by atoms with Crippen molar-refractivity contribution >= 4 is 64.2 Å². The summed E-state index contributed by atoms with van der Waals surface area (Å²) in [5.41, 5.74) is 7.28. The second-order valence-corrected chi connectivity index (χ2v) is 10.0. The van der Waals surface area contributed by atoms with Crippen molar-refractivity contribution in [1.29, 1.82) is 0 Å². The summed E-state index contributed by atoms with van der Waals surface area (Å²) in [4.78, 5) is 83.3. The maximum atomic E-state index is 12.2. The second-order valence-electron chi connectivity index (χ2n) is 10.0. The molecule has 0 radical (unpaired) electrons. The molecule has 3 rings (SSSR count). The molecule has 0 aliphatic carbocycles. The molecule has 0 spiro atoms. The van der Waals surface area contributed by atoms with Gasteiger partial charge in [0.1, 0.15) is 6.54 Å². The molecule has 2 aromatic carbocycles. The minimum Gasteiger partial charge on any atom is -0.481 e. The number of aliphatic carboxylic acids is 1. The number of rotatable bonds is 17. The molecule has 1 atom stereocenters. The van der Waals surface area contributed by atoms with Gasteiger partial charge in [-0.2, -0.15) is 10.2 Å². The average Bonchev–Trinajstić information content (AvgIpc) is 3.34. The number of imide groups is 1. The number of nitrogens with zero attached hydrogens (tertiary/aromatic N) is 3.